The Hall–Kier alpha value is -0.670. The van der Waals surface area contributed by atoms with E-state index in [1.165, 1.54) is 49.7 Å². The zero-order valence-electron chi connectivity index (χ0n) is 14.3. The van der Waals surface area contributed by atoms with Crippen molar-refractivity contribution < 1.29 is 0 Å². The van der Waals surface area contributed by atoms with Crippen LogP contribution < -0.4 is 4.90 Å². The van der Waals surface area contributed by atoms with E-state index < -0.39 is 0 Å². The third kappa shape index (κ3) is 3.46. The van der Waals surface area contributed by atoms with Crippen LogP contribution in [0.15, 0.2) is 24.3 Å². The summed E-state index contributed by atoms with van der Waals surface area (Å²) in [5.74, 6) is 3.36. The molecule has 0 amide bonds. The van der Waals surface area contributed by atoms with Gasteiger partial charge in [0.2, 0.25) is 0 Å². The average molecular weight is 319 g/mol. The van der Waals surface area contributed by atoms with Crippen LogP contribution in [0.25, 0.3) is 0 Å². The number of rotatable bonds is 4. The molecule has 0 N–H and O–H groups in total. The molecule has 1 saturated heterocycles. The molecule has 2 unspecified atom stereocenters. The average Bonchev–Trinajstić information content (AvgIpc) is 2.55. The lowest BCUT2D eigenvalue weighted by atomic mass is 9.84. The fourth-order valence-electron chi connectivity index (χ4n) is 4.03. The molecule has 122 valence electrons. The highest BCUT2D eigenvalue weighted by atomic mass is 32.2. The second-order valence-corrected chi connectivity index (χ2v) is 8.29. The first-order chi connectivity index (χ1) is 10.7. The first-order valence-corrected chi connectivity index (χ1v) is 9.99. The summed E-state index contributed by atoms with van der Waals surface area (Å²) in [6.07, 6.45) is 2.62. The first kappa shape index (κ1) is 16.2. The van der Waals surface area contributed by atoms with Crippen LogP contribution in [0.2, 0.25) is 0 Å². The summed E-state index contributed by atoms with van der Waals surface area (Å²) in [5.41, 5.74) is 3.07. The lowest BCUT2D eigenvalue weighted by Crippen LogP contribution is -2.42. The molecule has 1 aromatic rings. The van der Waals surface area contributed by atoms with Crippen molar-refractivity contribution in [2.75, 3.05) is 36.0 Å². The summed E-state index contributed by atoms with van der Waals surface area (Å²) in [6.45, 7) is 10.8. The number of nitrogens with zero attached hydrogens (tertiary/aromatic N) is 2. The molecule has 2 aliphatic rings. The first-order valence-electron chi connectivity index (χ1n) is 8.84. The SMILES string of the molecule is CC(CC1CCN(C(C)C)c2ccccc21)N1CCSCC1. The van der Waals surface area contributed by atoms with Gasteiger partial charge in [-0.1, -0.05) is 18.2 Å². The second-order valence-electron chi connectivity index (χ2n) is 7.06. The van der Waals surface area contributed by atoms with E-state index in [4.69, 9.17) is 0 Å². The molecule has 0 radical (unpaired) electrons. The largest absolute Gasteiger partial charge is 0.369 e. The summed E-state index contributed by atoms with van der Waals surface area (Å²) in [5, 5.41) is 0. The van der Waals surface area contributed by atoms with Crippen LogP contribution in [0.4, 0.5) is 5.69 Å². The number of fused-ring (bicyclic) bond motifs is 1. The molecule has 2 nitrogen and oxygen atoms in total. The molecule has 2 atom stereocenters. The Morgan fingerprint density at radius 3 is 2.55 bits per heavy atom. The number of benzene rings is 1. The molecular weight excluding hydrogens is 288 g/mol. The topological polar surface area (TPSA) is 6.48 Å². The van der Waals surface area contributed by atoms with E-state index in [1.54, 1.807) is 5.56 Å². The maximum Gasteiger partial charge on any atom is 0.0403 e. The van der Waals surface area contributed by atoms with Crippen molar-refractivity contribution in [3.05, 3.63) is 29.8 Å². The third-order valence-electron chi connectivity index (χ3n) is 5.32. The summed E-state index contributed by atoms with van der Waals surface area (Å²) >= 11 is 2.11. The Balaban J connectivity index is 1.73. The zero-order valence-corrected chi connectivity index (χ0v) is 15.1. The van der Waals surface area contributed by atoms with Crippen LogP contribution >= 0.6 is 11.8 Å². The van der Waals surface area contributed by atoms with Gasteiger partial charge in [-0.3, -0.25) is 4.90 Å². The normalized spacial score (nSPS) is 24.4. The van der Waals surface area contributed by atoms with E-state index in [0.29, 0.717) is 12.1 Å². The number of hydrogen-bond acceptors (Lipinski definition) is 3. The van der Waals surface area contributed by atoms with E-state index in [9.17, 15) is 0 Å². The molecule has 0 aromatic heterocycles. The van der Waals surface area contributed by atoms with Gasteiger partial charge in [-0.2, -0.15) is 11.8 Å². The molecule has 0 saturated carbocycles. The molecule has 2 aliphatic heterocycles. The van der Waals surface area contributed by atoms with Gasteiger partial charge in [-0.15, -0.1) is 0 Å². The van der Waals surface area contributed by atoms with Gasteiger partial charge in [0.25, 0.3) is 0 Å². The smallest absolute Gasteiger partial charge is 0.0403 e. The van der Waals surface area contributed by atoms with Crippen LogP contribution in [0, 0.1) is 0 Å². The van der Waals surface area contributed by atoms with Crippen LogP contribution in [0.5, 0.6) is 0 Å². The minimum atomic E-state index is 0.596. The Kier molecular flexibility index (Phi) is 5.35. The summed E-state index contributed by atoms with van der Waals surface area (Å²) in [6, 6.07) is 10.4. The minimum Gasteiger partial charge on any atom is -0.369 e. The molecule has 1 aromatic carbocycles. The van der Waals surface area contributed by atoms with E-state index in [0.717, 1.165) is 5.92 Å². The standard InChI is InChI=1S/C19H30N2S/c1-15(2)21-9-8-17(18-6-4-5-7-19(18)21)14-16(3)20-10-12-22-13-11-20/h4-7,15-17H,8-14H2,1-3H3. The highest BCUT2D eigenvalue weighted by Gasteiger charge is 2.28. The van der Waals surface area contributed by atoms with E-state index in [-0.39, 0.29) is 0 Å². The molecule has 0 aliphatic carbocycles. The predicted molar refractivity (Wildman–Crippen MR) is 99.3 cm³/mol. The van der Waals surface area contributed by atoms with Crippen molar-refractivity contribution in [2.45, 2.75) is 51.6 Å². The van der Waals surface area contributed by atoms with Gasteiger partial charge in [-0.05, 0) is 51.2 Å². The van der Waals surface area contributed by atoms with Crippen molar-refractivity contribution in [2.24, 2.45) is 0 Å². The highest BCUT2D eigenvalue weighted by Crippen LogP contribution is 2.39. The fraction of sp³-hybridized carbons (Fsp3) is 0.684. The van der Waals surface area contributed by atoms with Crippen LogP contribution in [0.1, 0.15) is 45.1 Å². The molecule has 22 heavy (non-hydrogen) atoms. The molecular formula is C19H30N2S. The Morgan fingerprint density at radius 2 is 1.82 bits per heavy atom. The van der Waals surface area contributed by atoms with Gasteiger partial charge >= 0.3 is 0 Å². The quantitative estimate of drug-likeness (QED) is 0.821. The highest BCUT2D eigenvalue weighted by molar-refractivity contribution is 7.99. The van der Waals surface area contributed by atoms with Gasteiger partial charge < -0.3 is 4.90 Å². The molecule has 1 fully saturated rings. The van der Waals surface area contributed by atoms with E-state index >= 15 is 0 Å². The molecule has 2 heterocycles. The van der Waals surface area contributed by atoms with E-state index in [2.05, 4.69) is 66.6 Å². The molecule has 3 rings (SSSR count). The number of para-hydroxylation sites is 1. The van der Waals surface area contributed by atoms with Gasteiger partial charge in [-0.25, -0.2) is 0 Å². The summed E-state index contributed by atoms with van der Waals surface area (Å²) < 4.78 is 0. The van der Waals surface area contributed by atoms with Crippen molar-refractivity contribution in [1.29, 1.82) is 0 Å². The fourth-order valence-corrected chi connectivity index (χ4v) is 4.96. The van der Waals surface area contributed by atoms with Crippen LogP contribution in [0.3, 0.4) is 0 Å². The second kappa shape index (κ2) is 7.27. The number of hydrogen-bond donors (Lipinski definition) is 0. The van der Waals surface area contributed by atoms with Crippen molar-refractivity contribution in [3.8, 4) is 0 Å². The maximum absolute atomic E-state index is 2.70. The minimum absolute atomic E-state index is 0.596. The van der Waals surface area contributed by atoms with Crippen LogP contribution in [-0.2, 0) is 0 Å². The Morgan fingerprint density at radius 1 is 1.09 bits per heavy atom. The maximum atomic E-state index is 2.70. The molecule has 0 spiro atoms. The summed E-state index contributed by atoms with van der Waals surface area (Å²) in [7, 11) is 0. The van der Waals surface area contributed by atoms with Gasteiger partial charge in [0.05, 0.1) is 0 Å². The lowest BCUT2D eigenvalue weighted by Gasteiger charge is -2.40. The summed E-state index contributed by atoms with van der Waals surface area (Å²) in [4.78, 5) is 5.28. The molecule has 0 bridgehead atoms. The monoisotopic (exact) mass is 318 g/mol. The molecule has 3 heteroatoms. The van der Waals surface area contributed by atoms with Gasteiger partial charge in [0.15, 0.2) is 0 Å². The van der Waals surface area contributed by atoms with Gasteiger partial charge in [0, 0.05) is 48.9 Å². The lowest BCUT2D eigenvalue weighted by molar-refractivity contribution is 0.208. The van der Waals surface area contributed by atoms with Crippen molar-refractivity contribution >= 4 is 17.4 Å². The van der Waals surface area contributed by atoms with E-state index in [1.807, 2.05) is 0 Å². The Labute approximate surface area is 140 Å². The van der Waals surface area contributed by atoms with Crippen molar-refractivity contribution in [3.63, 3.8) is 0 Å². The van der Waals surface area contributed by atoms with Crippen molar-refractivity contribution in [1.82, 2.24) is 4.90 Å². The third-order valence-corrected chi connectivity index (χ3v) is 6.26. The number of anilines is 1. The number of thioether (sulfide) groups is 1. The van der Waals surface area contributed by atoms with Gasteiger partial charge in [0.1, 0.15) is 0 Å². The predicted octanol–water partition coefficient (Wildman–Crippen LogP) is 4.22. The van der Waals surface area contributed by atoms with Crippen LogP contribution in [-0.4, -0.2) is 48.1 Å². The Bertz CT molecular complexity index is 482. The zero-order chi connectivity index (χ0) is 15.5.